The third-order valence-corrected chi connectivity index (χ3v) is 5.59. The summed E-state index contributed by atoms with van der Waals surface area (Å²) in [4.78, 5) is 13.3. The minimum Gasteiger partial charge on any atom is -0.508 e. The first-order chi connectivity index (χ1) is 14.6. The van der Waals surface area contributed by atoms with Crippen LogP contribution in [-0.2, 0) is 12.8 Å². The zero-order chi connectivity index (χ0) is 22.9. The van der Waals surface area contributed by atoms with E-state index in [1.54, 1.807) is 18.2 Å². The summed E-state index contributed by atoms with van der Waals surface area (Å²) >= 11 is 0. The monoisotopic (exact) mass is 420 g/mol. The van der Waals surface area contributed by atoms with Gasteiger partial charge in [-0.3, -0.25) is 4.79 Å². The predicted molar refractivity (Wildman–Crippen MR) is 124 cm³/mol. The molecule has 162 valence electrons. The minimum atomic E-state index is -0.401. The molecule has 1 heterocycles. The van der Waals surface area contributed by atoms with Gasteiger partial charge in [-0.25, -0.2) is 0 Å². The molecule has 0 amide bonds. The van der Waals surface area contributed by atoms with E-state index >= 15 is 0 Å². The molecule has 0 saturated heterocycles. The lowest BCUT2D eigenvalue weighted by Gasteiger charge is -2.15. The Hall–Kier alpha value is -3.47. The van der Waals surface area contributed by atoms with Crippen molar-refractivity contribution in [1.82, 2.24) is 0 Å². The van der Waals surface area contributed by atoms with Crippen molar-refractivity contribution in [2.45, 2.75) is 40.5 Å². The SMILES string of the molecule is C=C(C)C(C)Cc1c(O)cc2occ(-c3ccc(O)c(CC=C(C)C)c3)c(=O)c2c1O. The van der Waals surface area contributed by atoms with Crippen molar-refractivity contribution >= 4 is 11.0 Å². The first-order valence-corrected chi connectivity index (χ1v) is 10.2. The van der Waals surface area contributed by atoms with Crippen LogP contribution in [0.25, 0.3) is 22.1 Å². The van der Waals surface area contributed by atoms with Gasteiger partial charge < -0.3 is 19.7 Å². The molecule has 0 fully saturated rings. The van der Waals surface area contributed by atoms with E-state index < -0.39 is 5.43 Å². The summed E-state index contributed by atoms with van der Waals surface area (Å²) < 4.78 is 5.60. The number of phenols is 3. The summed E-state index contributed by atoms with van der Waals surface area (Å²) in [5.74, 6) is -0.237. The summed E-state index contributed by atoms with van der Waals surface area (Å²) in [6.07, 6.45) is 4.18. The molecule has 31 heavy (non-hydrogen) atoms. The molecule has 0 aliphatic rings. The molecule has 0 saturated carbocycles. The van der Waals surface area contributed by atoms with Gasteiger partial charge in [-0.05, 0) is 62.8 Å². The van der Waals surface area contributed by atoms with Crippen LogP contribution in [0, 0.1) is 5.92 Å². The van der Waals surface area contributed by atoms with Crippen LogP contribution in [0.2, 0.25) is 0 Å². The van der Waals surface area contributed by atoms with Crippen LogP contribution in [-0.4, -0.2) is 15.3 Å². The van der Waals surface area contributed by atoms with Crippen LogP contribution in [0.3, 0.4) is 0 Å². The minimum absolute atomic E-state index is 0.0132. The van der Waals surface area contributed by atoms with Crippen molar-refractivity contribution in [1.29, 1.82) is 0 Å². The molecule has 3 N–H and O–H groups in total. The van der Waals surface area contributed by atoms with Crippen molar-refractivity contribution in [2.24, 2.45) is 5.92 Å². The van der Waals surface area contributed by atoms with Gasteiger partial charge in [-0.15, -0.1) is 0 Å². The van der Waals surface area contributed by atoms with E-state index in [-0.39, 0.29) is 39.7 Å². The normalized spacial score (nSPS) is 12.0. The number of hydrogen-bond donors (Lipinski definition) is 3. The maximum absolute atomic E-state index is 13.3. The summed E-state index contributed by atoms with van der Waals surface area (Å²) in [6, 6.07) is 6.29. The molecular weight excluding hydrogens is 392 g/mol. The van der Waals surface area contributed by atoms with Crippen molar-refractivity contribution in [3.05, 3.63) is 75.7 Å². The predicted octanol–water partition coefficient (Wildman–Crippen LogP) is 5.84. The van der Waals surface area contributed by atoms with E-state index in [1.807, 2.05) is 33.8 Å². The van der Waals surface area contributed by atoms with Gasteiger partial charge >= 0.3 is 0 Å². The zero-order valence-corrected chi connectivity index (χ0v) is 18.3. The number of fused-ring (bicyclic) bond motifs is 1. The molecule has 0 aliphatic heterocycles. The molecule has 0 aliphatic carbocycles. The Labute approximate surface area is 181 Å². The van der Waals surface area contributed by atoms with Crippen LogP contribution in [0.5, 0.6) is 17.2 Å². The van der Waals surface area contributed by atoms with Gasteiger partial charge in [0.15, 0.2) is 0 Å². The lowest BCUT2D eigenvalue weighted by Crippen LogP contribution is -2.08. The second-order valence-electron chi connectivity index (χ2n) is 8.36. The van der Waals surface area contributed by atoms with Crippen LogP contribution in [0.1, 0.15) is 38.8 Å². The standard InChI is InChI=1S/C26H28O5/c1-14(2)6-7-18-11-17(8-9-21(18)27)20-13-31-23-12-22(28)19(10-16(5)15(3)4)25(29)24(23)26(20)30/h6,8-9,11-13,16,27-29H,3,7,10H2,1-2,4-5H3. The molecule has 0 bridgehead atoms. The molecule has 3 aromatic rings. The van der Waals surface area contributed by atoms with Crippen molar-refractivity contribution in [3.8, 4) is 28.4 Å². The second kappa shape index (κ2) is 8.72. The number of hydrogen-bond acceptors (Lipinski definition) is 5. The number of aromatic hydroxyl groups is 3. The van der Waals surface area contributed by atoms with Gasteiger partial charge in [0, 0.05) is 11.6 Å². The van der Waals surface area contributed by atoms with Crippen molar-refractivity contribution < 1.29 is 19.7 Å². The van der Waals surface area contributed by atoms with Crippen LogP contribution in [0.15, 0.2) is 63.5 Å². The van der Waals surface area contributed by atoms with E-state index in [2.05, 4.69) is 6.58 Å². The van der Waals surface area contributed by atoms with Gasteiger partial charge in [0.05, 0.1) is 5.56 Å². The highest BCUT2D eigenvalue weighted by Gasteiger charge is 2.21. The molecule has 1 atom stereocenters. The average Bonchev–Trinajstić information content (AvgIpc) is 2.70. The topological polar surface area (TPSA) is 90.9 Å². The molecule has 2 aromatic carbocycles. The molecule has 5 heteroatoms. The van der Waals surface area contributed by atoms with Crippen LogP contribution >= 0.6 is 0 Å². The van der Waals surface area contributed by atoms with Crippen molar-refractivity contribution in [3.63, 3.8) is 0 Å². The smallest absolute Gasteiger partial charge is 0.204 e. The lowest BCUT2D eigenvalue weighted by molar-refractivity contribution is 0.434. The number of benzene rings is 2. The fraction of sp³-hybridized carbons (Fsp3) is 0.269. The third kappa shape index (κ3) is 4.50. The molecule has 1 aromatic heterocycles. The van der Waals surface area contributed by atoms with Crippen LogP contribution in [0.4, 0.5) is 0 Å². The molecule has 5 nitrogen and oxygen atoms in total. The number of rotatable bonds is 6. The van der Waals surface area contributed by atoms with E-state index in [9.17, 15) is 20.1 Å². The fourth-order valence-corrected chi connectivity index (χ4v) is 3.41. The Morgan fingerprint density at radius 2 is 1.84 bits per heavy atom. The van der Waals surface area contributed by atoms with Crippen LogP contribution < -0.4 is 5.43 Å². The van der Waals surface area contributed by atoms with Gasteiger partial charge in [0.2, 0.25) is 5.43 Å². The van der Waals surface area contributed by atoms with E-state index in [1.165, 1.54) is 12.3 Å². The quantitative estimate of drug-likeness (QED) is 0.436. The Morgan fingerprint density at radius 1 is 1.13 bits per heavy atom. The molecule has 0 spiro atoms. The Kier molecular flexibility index (Phi) is 6.25. The lowest BCUT2D eigenvalue weighted by atomic mass is 9.93. The van der Waals surface area contributed by atoms with Gasteiger partial charge in [-0.1, -0.05) is 36.8 Å². The third-order valence-electron chi connectivity index (χ3n) is 5.59. The Balaban J connectivity index is 2.17. The highest BCUT2D eigenvalue weighted by Crippen LogP contribution is 2.37. The average molecular weight is 421 g/mol. The largest absolute Gasteiger partial charge is 0.508 e. The van der Waals surface area contributed by atoms with E-state index in [4.69, 9.17) is 4.42 Å². The molecular formula is C26H28O5. The zero-order valence-electron chi connectivity index (χ0n) is 18.3. The molecule has 1 unspecified atom stereocenters. The highest BCUT2D eigenvalue weighted by atomic mass is 16.3. The summed E-state index contributed by atoms with van der Waals surface area (Å²) in [6.45, 7) is 11.7. The Morgan fingerprint density at radius 3 is 2.48 bits per heavy atom. The highest BCUT2D eigenvalue weighted by molar-refractivity contribution is 5.89. The summed E-state index contributed by atoms with van der Waals surface area (Å²) in [5.41, 5.74) is 3.57. The fourth-order valence-electron chi connectivity index (χ4n) is 3.41. The molecule has 0 radical (unpaired) electrons. The maximum atomic E-state index is 13.3. The van der Waals surface area contributed by atoms with Gasteiger partial charge in [0.1, 0.15) is 34.5 Å². The van der Waals surface area contributed by atoms with E-state index in [0.29, 0.717) is 29.5 Å². The maximum Gasteiger partial charge on any atom is 0.204 e. The summed E-state index contributed by atoms with van der Waals surface area (Å²) in [7, 11) is 0. The summed E-state index contributed by atoms with van der Waals surface area (Å²) in [5, 5.41) is 31.4. The second-order valence-corrected chi connectivity index (χ2v) is 8.36. The first kappa shape index (κ1) is 22.2. The van der Waals surface area contributed by atoms with E-state index in [0.717, 1.165) is 11.1 Å². The number of allylic oxidation sites excluding steroid dienone is 3. The van der Waals surface area contributed by atoms with Gasteiger partial charge in [0.25, 0.3) is 0 Å². The van der Waals surface area contributed by atoms with Crippen molar-refractivity contribution in [2.75, 3.05) is 0 Å². The molecule has 3 rings (SSSR count). The Bertz CT molecular complexity index is 1240. The first-order valence-electron chi connectivity index (χ1n) is 10.2. The van der Waals surface area contributed by atoms with Gasteiger partial charge in [-0.2, -0.15) is 0 Å². The number of phenolic OH excluding ortho intramolecular Hbond substituents is 3.